The van der Waals surface area contributed by atoms with Gasteiger partial charge in [0.05, 0.1) is 5.92 Å². The minimum atomic E-state index is -0.830. The number of anilines is 1. The van der Waals surface area contributed by atoms with Crippen LogP contribution < -0.4 is 5.32 Å². The highest BCUT2D eigenvalue weighted by molar-refractivity contribution is 5.91. The summed E-state index contributed by atoms with van der Waals surface area (Å²) in [5.41, 5.74) is 0. The van der Waals surface area contributed by atoms with E-state index in [4.69, 9.17) is 9.52 Å². The molecule has 2 aliphatic carbocycles. The third-order valence-corrected chi connectivity index (χ3v) is 3.75. The summed E-state index contributed by atoms with van der Waals surface area (Å²) in [6, 6.07) is 0.116. The lowest BCUT2D eigenvalue weighted by Gasteiger charge is -2.07. The number of carbonyl (C=O) groups is 2. The van der Waals surface area contributed by atoms with Crippen molar-refractivity contribution in [2.75, 3.05) is 5.32 Å². The lowest BCUT2D eigenvalue weighted by Crippen LogP contribution is -2.21. The van der Waals surface area contributed by atoms with Crippen molar-refractivity contribution in [3.63, 3.8) is 0 Å². The summed E-state index contributed by atoms with van der Waals surface area (Å²) < 4.78 is 5.34. The number of hydrogen-bond acceptors (Lipinski definition) is 5. The monoisotopic (exact) mass is 265 g/mol. The van der Waals surface area contributed by atoms with Gasteiger partial charge in [0.1, 0.15) is 0 Å². The molecular formula is C12H15N3O4. The Labute approximate surface area is 109 Å². The second-order valence-electron chi connectivity index (χ2n) is 5.25. The van der Waals surface area contributed by atoms with Crippen LogP contribution in [0.25, 0.3) is 0 Å². The molecule has 0 radical (unpaired) electrons. The first-order valence-electron chi connectivity index (χ1n) is 6.50. The Bertz CT molecular complexity index is 509. The number of amides is 1. The van der Waals surface area contributed by atoms with Crippen molar-refractivity contribution in [1.82, 2.24) is 10.2 Å². The summed E-state index contributed by atoms with van der Waals surface area (Å²) >= 11 is 0. The van der Waals surface area contributed by atoms with Crippen molar-refractivity contribution >= 4 is 17.9 Å². The molecule has 1 aromatic rings. The fraction of sp³-hybridized carbons (Fsp3) is 0.667. The molecule has 0 spiro atoms. The minimum absolute atomic E-state index is 0.116. The van der Waals surface area contributed by atoms with E-state index in [2.05, 4.69) is 15.5 Å². The predicted molar refractivity (Wildman–Crippen MR) is 63.4 cm³/mol. The number of hydrogen-bond donors (Lipinski definition) is 2. The highest BCUT2D eigenvalue weighted by Gasteiger charge is 2.35. The van der Waals surface area contributed by atoms with Crippen molar-refractivity contribution in [3.8, 4) is 0 Å². The van der Waals surface area contributed by atoms with E-state index in [0.717, 1.165) is 12.8 Å². The summed E-state index contributed by atoms with van der Waals surface area (Å²) in [6.45, 7) is 0. The molecule has 3 rings (SSSR count). The molecule has 2 fully saturated rings. The number of carboxylic acid groups (broad SMARTS) is 1. The first-order chi connectivity index (χ1) is 9.13. The summed E-state index contributed by atoms with van der Waals surface area (Å²) in [5.74, 6) is -0.831. The van der Waals surface area contributed by atoms with Crippen LogP contribution in [0.5, 0.6) is 0 Å². The van der Waals surface area contributed by atoms with Crippen molar-refractivity contribution in [3.05, 3.63) is 5.89 Å². The van der Waals surface area contributed by atoms with Gasteiger partial charge in [-0.25, -0.2) is 0 Å². The second-order valence-corrected chi connectivity index (χ2v) is 5.25. The Morgan fingerprint density at radius 3 is 2.53 bits per heavy atom. The number of rotatable bonds is 4. The quantitative estimate of drug-likeness (QED) is 0.852. The molecule has 2 N–H and O–H groups in total. The van der Waals surface area contributed by atoms with Gasteiger partial charge in [-0.05, 0) is 32.1 Å². The molecule has 0 bridgehead atoms. The molecule has 102 valence electrons. The molecule has 7 heteroatoms. The number of carboxylic acids is 1. The Kier molecular flexibility index (Phi) is 2.96. The van der Waals surface area contributed by atoms with Crippen LogP contribution in [0.2, 0.25) is 0 Å². The average Bonchev–Trinajstić information content (AvgIpc) is 2.92. The molecule has 7 nitrogen and oxygen atoms in total. The highest BCUT2D eigenvalue weighted by atomic mass is 16.4. The SMILES string of the molecule is O=C(O)[C@H]1CC[C@@H](C(=O)Nc2nnc(C3CC3)o2)C1. The van der Waals surface area contributed by atoms with E-state index in [9.17, 15) is 9.59 Å². The molecule has 1 aromatic heterocycles. The minimum Gasteiger partial charge on any atom is -0.481 e. The zero-order valence-corrected chi connectivity index (χ0v) is 10.3. The van der Waals surface area contributed by atoms with E-state index in [1.165, 1.54) is 0 Å². The van der Waals surface area contributed by atoms with Crippen LogP contribution >= 0.6 is 0 Å². The number of aromatic nitrogens is 2. The summed E-state index contributed by atoms with van der Waals surface area (Å²) in [5, 5.41) is 19.1. The van der Waals surface area contributed by atoms with Crippen molar-refractivity contribution in [2.24, 2.45) is 11.8 Å². The average molecular weight is 265 g/mol. The van der Waals surface area contributed by atoms with E-state index in [0.29, 0.717) is 31.1 Å². The van der Waals surface area contributed by atoms with Crippen LogP contribution in [0.3, 0.4) is 0 Å². The van der Waals surface area contributed by atoms with Crippen molar-refractivity contribution < 1.29 is 19.1 Å². The maximum atomic E-state index is 11.9. The van der Waals surface area contributed by atoms with Crippen LogP contribution in [0.15, 0.2) is 4.42 Å². The summed E-state index contributed by atoms with van der Waals surface area (Å²) in [4.78, 5) is 22.8. The van der Waals surface area contributed by atoms with E-state index in [1.54, 1.807) is 0 Å². The molecule has 2 aliphatic rings. The molecule has 2 saturated carbocycles. The van der Waals surface area contributed by atoms with Crippen LogP contribution in [0.4, 0.5) is 6.01 Å². The zero-order valence-electron chi connectivity index (χ0n) is 10.3. The van der Waals surface area contributed by atoms with E-state index in [-0.39, 0.29) is 17.8 Å². The van der Waals surface area contributed by atoms with Crippen molar-refractivity contribution in [2.45, 2.75) is 38.0 Å². The lowest BCUT2D eigenvalue weighted by molar-refractivity contribution is -0.141. The summed E-state index contributed by atoms with van der Waals surface area (Å²) in [7, 11) is 0. The zero-order chi connectivity index (χ0) is 13.4. The van der Waals surface area contributed by atoms with Gasteiger partial charge in [0, 0.05) is 11.8 Å². The molecule has 1 amide bonds. The van der Waals surface area contributed by atoms with Gasteiger partial charge in [-0.1, -0.05) is 5.10 Å². The van der Waals surface area contributed by atoms with Gasteiger partial charge in [-0.2, -0.15) is 0 Å². The number of carbonyl (C=O) groups excluding carboxylic acids is 1. The maximum Gasteiger partial charge on any atom is 0.322 e. The molecule has 0 unspecified atom stereocenters. The van der Waals surface area contributed by atoms with Crippen LogP contribution in [0, 0.1) is 11.8 Å². The van der Waals surface area contributed by atoms with Crippen molar-refractivity contribution in [1.29, 1.82) is 0 Å². The topological polar surface area (TPSA) is 105 Å². The van der Waals surface area contributed by atoms with Crippen LogP contribution in [-0.4, -0.2) is 27.2 Å². The maximum absolute atomic E-state index is 11.9. The predicted octanol–water partition coefficient (Wildman–Crippen LogP) is 1.39. The molecule has 0 aromatic carbocycles. The Morgan fingerprint density at radius 1 is 1.16 bits per heavy atom. The van der Waals surface area contributed by atoms with Crippen LogP contribution in [0.1, 0.15) is 43.9 Å². The second kappa shape index (κ2) is 4.64. The van der Waals surface area contributed by atoms with E-state index in [1.807, 2.05) is 0 Å². The Hall–Kier alpha value is -1.92. The van der Waals surface area contributed by atoms with E-state index < -0.39 is 11.9 Å². The lowest BCUT2D eigenvalue weighted by atomic mass is 10.0. The van der Waals surface area contributed by atoms with Gasteiger partial charge < -0.3 is 9.52 Å². The fourth-order valence-corrected chi connectivity index (χ4v) is 2.43. The van der Waals surface area contributed by atoms with Gasteiger partial charge in [0.15, 0.2) is 0 Å². The number of aliphatic carboxylic acids is 1. The van der Waals surface area contributed by atoms with Gasteiger partial charge in [-0.15, -0.1) is 5.10 Å². The van der Waals surface area contributed by atoms with E-state index >= 15 is 0 Å². The standard InChI is InChI=1S/C12H15N3O4/c16-9(7-3-4-8(5-7)11(17)18)13-12-15-14-10(19-12)6-1-2-6/h6-8H,1-5H2,(H,17,18)(H,13,15,16)/t7-,8+/m1/s1. The van der Waals surface area contributed by atoms with Gasteiger partial charge in [-0.3, -0.25) is 14.9 Å². The Morgan fingerprint density at radius 2 is 1.89 bits per heavy atom. The number of nitrogens with zero attached hydrogens (tertiary/aromatic N) is 2. The molecule has 0 saturated heterocycles. The molecule has 19 heavy (non-hydrogen) atoms. The fourth-order valence-electron chi connectivity index (χ4n) is 2.43. The van der Waals surface area contributed by atoms with Gasteiger partial charge in [0.25, 0.3) is 0 Å². The molecule has 2 atom stereocenters. The van der Waals surface area contributed by atoms with Gasteiger partial charge in [0.2, 0.25) is 11.8 Å². The third-order valence-electron chi connectivity index (χ3n) is 3.75. The first kappa shape index (κ1) is 12.1. The molecule has 1 heterocycles. The summed E-state index contributed by atoms with van der Waals surface area (Å²) in [6.07, 6.45) is 3.62. The first-order valence-corrected chi connectivity index (χ1v) is 6.50. The Balaban J connectivity index is 1.57. The molecule has 0 aliphatic heterocycles. The smallest absolute Gasteiger partial charge is 0.322 e. The third kappa shape index (κ3) is 2.59. The highest BCUT2D eigenvalue weighted by Crippen LogP contribution is 2.39. The van der Waals surface area contributed by atoms with Gasteiger partial charge >= 0.3 is 12.0 Å². The number of nitrogens with one attached hydrogen (secondary N) is 1. The normalized spacial score (nSPS) is 26.3. The largest absolute Gasteiger partial charge is 0.481 e. The molecular weight excluding hydrogens is 250 g/mol. The van der Waals surface area contributed by atoms with Crippen LogP contribution in [-0.2, 0) is 9.59 Å².